The van der Waals surface area contributed by atoms with Crippen molar-refractivity contribution in [1.29, 1.82) is 0 Å². The molecule has 0 aliphatic carbocycles. The van der Waals surface area contributed by atoms with E-state index in [2.05, 4.69) is 10.3 Å². The van der Waals surface area contributed by atoms with E-state index in [9.17, 15) is 18.8 Å². The summed E-state index contributed by atoms with van der Waals surface area (Å²) in [6.07, 6.45) is 0.659. The molecule has 0 saturated carbocycles. The fourth-order valence-electron chi connectivity index (χ4n) is 3.51. The molecule has 0 fully saturated rings. The van der Waals surface area contributed by atoms with Crippen LogP contribution in [-0.2, 0) is 16.0 Å². The number of thioether (sulfide) groups is 2. The third kappa shape index (κ3) is 5.18. The number of para-hydroxylation sites is 1. The number of hydrogen-bond donors (Lipinski definition) is 1. The summed E-state index contributed by atoms with van der Waals surface area (Å²) < 4.78 is 19.9. The highest BCUT2D eigenvalue weighted by Crippen LogP contribution is 2.35. The zero-order valence-electron chi connectivity index (χ0n) is 18.5. The molecule has 0 spiro atoms. The molecule has 176 valence electrons. The van der Waals surface area contributed by atoms with Crippen molar-refractivity contribution in [2.45, 2.75) is 35.6 Å². The summed E-state index contributed by atoms with van der Waals surface area (Å²) in [5.41, 5.74) is 1.54. The first-order chi connectivity index (χ1) is 16.4. The van der Waals surface area contributed by atoms with Crippen LogP contribution in [0.5, 0.6) is 0 Å². The molecule has 0 radical (unpaired) electrons. The Kier molecular flexibility index (Phi) is 7.38. The van der Waals surface area contributed by atoms with Crippen molar-refractivity contribution in [3.63, 3.8) is 0 Å². The van der Waals surface area contributed by atoms with E-state index in [1.54, 1.807) is 31.2 Å². The van der Waals surface area contributed by atoms with E-state index in [1.807, 2.05) is 6.92 Å². The molecule has 1 aliphatic rings. The van der Waals surface area contributed by atoms with Crippen LogP contribution in [0, 0.1) is 5.82 Å². The van der Waals surface area contributed by atoms with Crippen LogP contribution in [-0.4, -0.2) is 39.0 Å². The highest BCUT2D eigenvalue weighted by molar-refractivity contribution is 8.00. The molecule has 0 saturated heterocycles. The maximum absolute atomic E-state index is 13.5. The van der Waals surface area contributed by atoms with Crippen molar-refractivity contribution < 1.29 is 18.7 Å². The second-order valence-corrected chi connectivity index (χ2v) is 9.91. The first-order valence-electron chi connectivity index (χ1n) is 10.6. The number of fused-ring (bicyclic) bond motifs is 1. The minimum atomic E-state index is -0.525. The van der Waals surface area contributed by atoms with Crippen LogP contribution >= 0.6 is 23.5 Å². The van der Waals surface area contributed by atoms with E-state index < -0.39 is 11.8 Å². The van der Waals surface area contributed by atoms with Gasteiger partial charge in [0.25, 0.3) is 5.56 Å². The fourth-order valence-corrected chi connectivity index (χ4v) is 5.44. The van der Waals surface area contributed by atoms with Gasteiger partial charge in [0.2, 0.25) is 5.91 Å². The highest BCUT2D eigenvalue weighted by atomic mass is 32.2. The van der Waals surface area contributed by atoms with Gasteiger partial charge in [0.15, 0.2) is 5.16 Å². The van der Waals surface area contributed by atoms with Crippen molar-refractivity contribution >= 4 is 41.1 Å². The molecular formula is C24H22FN3O4S2. The third-order valence-corrected chi connectivity index (χ3v) is 7.15. The topological polar surface area (TPSA) is 90.3 Å². The molecule has 3 aromatic rings. The summed E-state index contributed by atoms with van der Waals surface area (Å²) >= 11 is 2.57. The van der Waals surface area contributed by atoms with Crippen molar-refractivity contribution in [3.05, 3.63) is 76.0 Å². The first kappa shape index (κ1) is 24.0. The average molecular weight is 500 g/mol. The number of aromatic nitrogens is 2. The summed E-state index contributed by atoms with van der Waals surface area (Å²) in [6.45, 7) is 3.95. The summed E-state index contributed by atoms with van der Waals surface area (Å²) in [5.74, 6) is -1.36. The molecule has 1 unspecified atom stereocenters. The van der Waals surface area contributed by atoms with Crippen molar-refractivity contribution in [1.82, 2.24) is 9.55 Å². The predicted octanol–water partition coefficient (Wildman–Crippen LogP) is 4.32. The Balaban J connectivity index is 1.59. The Labute approximate surface area is 204 Å². The van der Waals surface area contributed by atoms with Gasteiger partial charge in [-0.15, -0.1) is 11.8 Å². The second kappa shape index (κ2) is 10.4. The molecule has 2 aromatic carbocycles. The molecule has 0 bridgehead atoms. The molecule has 4 rings (SSSR count). The Morgan fingerprint density at radius 2 is 1.97 bits per heavy atom. The number of benzene rings is 2. The van der Waals surface area contributed by atoms with E-state index in [0.717, 1.165) is 11.8 Å². The van der Waals surface area contributed by atoms with E-state index in [0.29, 0.717) is 33.5 Å². The van der Waals surface area contributed by atoms with Crippen LogP contribution in [0.25, 0.3) is 5.69 Å². The van der Waals surface area contributed by atoms with Crippen LogP contribution in [0.3, 0.4) is 0 Å². The zero-order valence-corrected chi connectivity index (χ0v) is 20.2. The van der Waals surface area contributed by atoms with E-state index >= 15 is 0 Å². The lowest BCUT2D eigenvalue weighted by Crippen LogP contribution is -2.25. The Morgan fingerprint density at radius 1 is 1.24 bits per heavy atom. The number of hydrogen-bond acceptors (Lipinski definition) is 7. The number of nitrogens with one attached hydrogen (secondary N) is 1. The molecule has 10 heteroatoms. The quantitative estimate of drug-likeness (QED) is 0.294. The molecule has 1 amide bonds. The second-order valence-electron chi connectivity index (χ2n) is 7.52. The Bertz CT molecular complexity index is 1290. The third-order valence-electron chi connectivity index (χ3n) is 4.99. The molecule has 1 aromatic heterocycles. The van der Waals surface area contributed by atoms with Gasteiger partial charge < -0.3 is 10.1 Å². The number of carbonyl (C=O) groups is 2. The van der Waals surface area contributed by atoms with Gasteiger partial charge in [-0.2, -0.15) is 0 Å². The van der Waals surface area contributed by atoms with Crippen LogP contribution in [0.2, 0.25) is 0 Å². The van der Waals surface area contributed by atoms with Gasteiger partial charge in [-0.1, -0.05) is 30.8 Å². The molecule has 7 nitrogen and oxygen atoms in total. The van der Waals surface area contributed by atoms with Crippen molar-refractivity contribution in [2.24, 2.45) is 0 Å². The fraction of sp³-hybridized carbons (Fsp3) is 0.250. The van der Waals surface area contributed by atoms with Gasteiger partial charge in [0.05, 0.1) is 39.9 Å². The smallest absolute Gasteiger partial charge is 0.340 e. The SMILES string of the molecule is CCOC(=O)c1ccccc1NC(=O)CSc1nc2c(c(=O)n1-c1ccc(F)cc1)SC(C)C2. The van der Waals surface area contributed by atoms with E-state index in [1.165, 1.54) is 40.6 Å². The molecule has 34 heavy (non-hydrogen) atoms. The maximum atomic E-state index is 13.5. The van der Waals surface area contributed by atoms with E-state index in [-0.39, 0.29) is 34.6 Å². The van der Waals surface area contributed by atoms with Crippen LogP contribution in [0.1, 0.15) is 29.9 Å². The number of halogens is 1. The normalized spacial score (nSPS) is 14.5. The number of nitrogens with zero attached hydrogens (tertiary/aromatic N) is 2. The molecule has 1 aliphatic heterocycles. The van der Waals surface area contributed by atoms with Crippen LogP contribution < -0.4 is 10.9 Å². The van der Waals surface area contributed by atoms with Crippen LogP contribution in [0.15, 0.2) is 63.4 Å². The zero-order chi connectivity index (χ0) is 24.2. The molecule has 1 atom stereocenters. The summed E-state index contributed by atoms with van der Waals surface area (Å²) in [5, 5.41) is 3.30. The summed E-state index contributed by atoms with van der Waals surface area (Å²) in [4.78, 5) is 43.4. The summed E-state index contributed by atoms with van der Waals surface area (Å²) in [7, 11) is 0. The standard InChI is InChI=1S/C24H22FN3O4S2/c1-3-32-23(31)17-6-4-5-7-18(17)26-20(29)13-33-24-27-19-12-14(2)34-21(19)22(30)28(24)16-10-8-15(25)9-11-16/h4-11,14H,3,12-13H2,1-2H3,(H,26,29). The molecular weight excluding hydrogens is 477 g/mol. The highest BCUT2D eigenvalue weighted by Gasteiger charge is 2.27. The van der Waals surface area contributed by atoms with Gasteiger partial charge >= 0.3 is 5.97 Å². The number of ether oxygens (including phenoxy) is 1. The lowest BCUT2D eigenvalue weighted by atomic mass is 10.2. The monoisotopic (exact) mass is 499 g/mol. The number of esters is 1. The maximum Gasteiger partial charge on any atom is 0.340 e. The van der Waals surface area contributed by atoms with Gasteiger partial charge in [-0.25, -0.2) is 14.2 Å². The molecule has 1 N–H and O–H groups in total. The van der Waals surface area contributed by atoms with E-state index in [4.69, 9.17) is 4.74 Å². The number of anilines is 1. The largest absolute Gasteiger partial charge is 0.462 e. The summed E-state index contributed by atoms with van der Waals surface area (Å²) in [6, 6.07) is 12.2. The first-order valence-corrected chi connectivity index (χ1v) is 12.5. The minimum absolute atomic E-state index is 0.0493. The van der Waals surface area contributed by atoms with Gasteiger partial charge in [-0.3, -0.25) is 14.2 Å². The number of amides is 1. The van der Waals surface area contributed by atoms with Crippen molar-refractivity contribution in [3.8, 4) is 5.69 Å². The molecule has 2 heterocycles. The lowest BCUT2D eigenvalue weighted by Gasteiger charge is -2.14. The van der Waals surface area contributed by atoms with Gasteiger partial charge in [0, 0.05) is 11.7 Å². The van der Waals surface area contributed by atoms with Gasteiger partial charge in [0.1, 0.15) is 5.82 Å². The number of carbonyl (C=O) groups excluding carboxylic acids is 2. The Morgan fingerprint density at radius 3 is 2.71 bits per heavy atom. The minimum Gasteiger partial charge on any atom is -0.462 e. The predicted molar refractivity (Wildman–Crippen MR) is 131 cm³/mol. The van der Waals surface area contributed by atoms with Gasteiger partial charge in [-0.05, 0) is 43.3 Å². The van der Waals surface area contributed by atoms with Crippen LogP contribution in [0.4, 0.5) is 10.1 Å². The Hall–Kier alpha value is -3.11. The lowest BCUT2D eigenvalue weighted by molar-refractivity contribution is -0.113. The number of rotatable bonds is 7. The average Bonchev–Trinajstić information content (AvgIpc) is 3.20. The van der Waals surface area contributed by atoms with Crippen molar-refractivity contribution in [2.75, 3.05) is 17.7 Å².